The lowest BCUT2D eigenvalue weighted by Gasteiger charge is -2.20. The van der Waals surface area contributed by atoms with E-state index in [1.54, 1.807) is 11.9 Å². The quantitative estimate of drug-likeness (QED) is 0.734. The van der Waals surface area contributed by atoms with E-state index in [-0.39, 0.29) is 12.6 Å². The van der Waals surface area contributed by atoms with Crippen molar-refractivity contribution in [2.24, 2.45) is 11.7 Å². The minimum absolute atomic E-state index is 0.0586. The van der Waals surface area contributed by atoms with E-state index in [0.717, 1.165) is 6.42 Å². The van der Waals surface area contributed by atoms with Gasteiger partial charge in [0.15, 0.2) is 0 Å². The third-order valence-electron chi connectivity index (χ3n) is 2.53. The summed E-state index contributed by atoms with van der Waals surface area (Å²) in [5.41, 5.74) is 5.66. The number of halogens is 3. The van der Waals surface area contributed by atoms with Crippen LogP contribution < -0.4 is 5.73 Å². The molecule has 2 N–H and O–H groups in total. The molecule has 1 aliphatic carbocycles. The van der Waals surface area contributed by atoms with Gasteiger partial charge in [0.05, 0.1) is 6.42 Å². The second kappa shape index (κ2) is 4.99. The summed E-state index contributed by atoms with van der Waals surface area (Å²) in [6.45, 7) is 0.712. The van der Waals surface area contributed by atoms with Crippen molar-refractivity contribution in [1.29, 1.82) is 0 Å². The van der Waals surface area contributed by atoms with Gasteiger partial charge in [-0.15, -0.1) is 0 Å². The second-order valence-corrected chi connectivity index (χ2v) is 4.17. The first-order valence-corrected chi connectivity index (χ1v) is 5.06. The van der Waals surface area contributed by atoms with Gasteiger partial charge in [-0.3, -0.25) is 0 Å². The summed E-state index contributed by atoms with van der Waals surface area (Å²) in [5.74, 6) is 0.304. The van der Waals surface area contributed by atoms with E-state index < -0.39 is 12.6 Å². The van der Waals surface area contributed by atoms with Gasteiger partial charge in [0, 0.05) is 19.1 Å². The van der Waals surface area contributed by atoms with Crippen molar-refractivity contribution in [3.8, 4) is 0 Å². The van der Waals surface area contributed by atoms with Crippen molar-refractivity contribution >= 4 is 0 Å². The lowest BCUT2D eigenvalue weighted by molar-refractivity contribution is -0.137. The van der Waals surface area contributed by atoms with Crippen molar-refractivity contribution in [2.45, 2.75) is 25.1 Å². The summed E-state index contributed by atoms with van der Waals surface area (Å²) in [6, 6.07) is 0.0750. The van der Waals surface area contributed by atoms with Crippen LogP contribution in [-0.2, 0) is 0 Å². The van der Waals surface area contributed by atoms with Gasteiger partial charge in [0.2, 0.25) is 0 Å². The fraction of sp³-hybridized carbons (Fsp3) is 0.800. The summed E-state index contributed by atoms with van der Waals surface area (Å²) in [4.78, 5) is 1.71. The molecular weight excluding hydrogens is 205 g/mol. The third kappa shape index (κ3) is 5.18. The van der Waals surface area contributed by atoms with E-state index in [1.807, 2.05) is 12.2 Å². The summed E-state index contributed by atoms with van der Waals surface area (Å²) in [7, 11) is 1.71. The van der Waals surface area contributed by atoms with Gasteiger partial charge in [0.25, 0.3) is 0 Å². The molecule has 15 heavy (non-hydrogen) atoms. The van der Waals surface area contributed by atoms with Gasteiger partial charge in [0.1, 0.15) is 0 Å². The number of rotatable bonds is 4. The van der Waals surface area contributed by atoms with Gasteiger partial charge >= 0.3 is 6.18 Å². The second-order valence-electron chi connectivity index (χ2n) is 4.17. The highest BCUT2D eigenvalue weighted by molar-refractivity contribution is 5.05. The van der Waals surface area contributed by atoms with Crippen LogP contribution in [0.1, 0.15) is 12.8 Å². The van der Waals surface area contributed by atoms with E-state index in [1.165, 1.54) is 0 Å². The molecule has 0 fully saturated rings. The van der Waals surface area contributed by atoms with Crippen LogP contribution in [0.25, 0.3) is 0 Å². The predicted octanol–water partition coefficient (Wildman–Crippen LogP) is 1.77. The van der Waals surface area contributed by atoms with Crippen molar-refractivity contribution in [3.63, 3.8) is 0 Å². The SMILES string of the molecule is CN(CCC(F)(F)F)CC1C=CC(N)C1. The first-order chi connectivity index (χ1) is 6.87. The summed E-state index contributed by atoms with van der Waals surface area (Å²) in [6.07, 6.45) is -0.0461. The molecule has 0 saturated carbocycles. The Morgan fingerprint density at radius 2 is 2.07 bits per heavy atom. The molecular formula is C10H17F3N2. The average molecular weight is 222 g/mol. The van der Waals surface area contributed by atoms with Crippen LogP contribution in [0.3, 0.4) is 0 Å². The van der Waals surface area contributed by atoms with Gasteiger partial charge in [-0.05, 0) is 19.4 Å². The topological polar surface area (TPSA) is 29.3 Å². The molecule has 0 bridgehead atoms. The Morgan fingerprint density at radius 1 is 1.40 bits per heavy atom. The van der Waals surface area contributed by atoms with Gasteiger partial charge in [-0.25, -0.2) is 0 Å². The zero-order valence-corrected chi connectivity index (χ0v) is 8.80. The summed E-state index contributed by atoms with van der Waals surface area (Å²) < 4.78 is 35.8. The lowest BCUT2D eigenvalue weighted by atomic mass is 10.1. The molecule has 0 amide bonds. The number of nitrogens with zero attached hydrogens (tertiary/aromatic N) is 1. The van der Waals surface area contributed by atoms with Crippen LogP contribution >= 0.6 is 0 Å². The maximum Gasteiger partial charge on any atom is 0.390 e. The lowest BCUT2D eigenvalue weighted by Crippen LogP contribution is -2.29. The molecule has 0 heterocycles. The van der Waals surface area contributed by atoms with Crippen LogP contribution in [0.4, 0.5) is 13.2 Å². The molecule has 5 heteroatoms. The molecule has 0 spiro atoms. The molecule has 0 aliphatic heterocycles. The Kier molecular flexibility index (Phi) is 4.16. The maximum absolute atomic E-state index is 11.9. The van der Waals surface area contributed by atoms with Gasteiger partial charge < -0.3 is 10.6 Å². The van der Waals surface area contributed by atoms with E-state index in [0.29, 0.717) is 12.5 Å². The number of nitrogens with two attached hydrogens (primary N) is 1. The van der Waals surface area contributed by atoms with E-state index in [2.05, 4.69) is 0 Å². The first kappa shape index (κ1) is 12.5. The molecule has 1 rings (SSSR count). The third-order valence-corrected chi connectivity index (χ3v) is 2.53. The highest BCUT2D eigenvalue weighted by atomic mass is 19.4. The van der Waals surface area contributed by atoms with Crippen molar-refractivity contribution in [2.75, 3.05) is 20.1 Å². The normalized spacial score (nSPS) is 26.5. The number of alkyl halides is 3. The Balaban J connectivity index is 2.19. The predicted molar refractivity (Wildman–Crippen MR) is 53.4 cm³/mol. The van der Waals surface area contributed by atoms with Crippen LogP contribution in [0, 0.1) is 5.92 Å². The Labute approximate surface area is 87.9 Å². The Morgan fingerprint density at radius 3 is 2.53 bits per heavy atom. The van der Waals surface area contributed by atoms with E-state index >= 15 is 0 Å². The summed E-state index contributed by atoms with van der Waals surface area (Å²) >= 11 is 0. The molecule has 2 nitrogen and oxygen atoms in total. The molecule has 2 unspecified atom stereocenters. The smallest absolute Gasteiger partial charge is 0.324 e. The van der Waals surface area contributed by atoms with E-state index in [9.17, 15) is 13.2 Å². The average Bonchev–Trinajstić information content (AvgIpc) is 2.47. The minimum Gasteiger partial charge on any atom is -0.324 e. The van der Waals surface area contributed by atoms with Crippen molar-refractivity contribution < 1.29 is 13.2 Å². The monoisotopic (exact) mass is 222 g/mol. The fourth-order valence-corrected chi connectivity index (χ4v) is 1.75. The van der Waals surface area contributed by atoms with Crippen LogP contribution in [0.2, 0.25) is 0 Å². The van der Waals surface area contributed by atoms with Crippen LogP contribution in [0.15, 0.2) is 12.2 Å². The maximum atomic E-state index is 11.9. The zero-order valence-electron chi connectivity index (χ0n) is 8.80. The van der Waals surface area contributed by atoms with Crippen LogP contribution in [-0.4, -0.2) is 37.3 Å². The molecule has 2 atom stereocenters. The van der Waals surface area contributed by atoms with Crippen LogP contribution in [0.5, 0.6) is 0 Å². The van der Waals surface area contributed by atoms with Gasteiger partial charge in [-0.1, -0.05) is 12.2 Å². The first-order valence-electron chi connectivity index (χ1n) is 5.06. The molecule has 0 saturated heterocycles. The fourth-order valence-electron chi connectivity index (χ4n) is 1.75. The standard InChI is InChI=1S/C10H17F3N2/c1-15(5-4-10(11,12)13)7-8-2-3-9(14)6-8/h2-3,8-9H,4-7,14H2,1H3. The highest BCUT2D eigenvalue weighted by Gasteiger charge is 2.27. The molecule has 0 radical (unpaired) electrons. The minimum atomic E-state index is -4.06. The van der Waals surface area contributed by atoms with Crippen molar-refractivity contribution in [3.05, 3.63) is 12.2 Å². The largest absolute Gasteiger partial charge is 0.390 e. The Hall–Kier alpha value is -0.550. The molecule has 88 valence electrons. The number of hydrogen-bond acceptors (Lipinski definition) is 2. The zero-order chi connectivity index (χ0) is 11.5. The van der Waals surface area contributed by atoms with Gasteiger partial charge in [-0.2, -0.15) is 13.2 Å². The Bertz CT molecular complexity index is 225. The molecule has 1 aliphatic rings. The van der Waals surface area contributed by atoms with E-state index in [4.69, 9.17) is 5.73 Å². The molecule has 0 aromatic heterocycles. The summed E-state index contributed by atoms with van der Waals surface area (Å²) in [5, 5.41) is 0. The molecule has 0 aromatic carbocycles. The highest BCUT2D eigenvalue weighted by Crippen LogP contribution is 2.21. The molecule has 0 aromatic rings. The van der Waals surface area contributed by atoms with Crippen molar-refractivity contribution in [1.82, 2.24) is 4.90 Å². The number of hydrogen-bond donors (Lipinski definition) is 1.